The van der Waals surface area contributed by atoms with Crippen LogP contribution in [0.1, 0.15) is 33.6 Å². The summed E-state index contributed by atoms with van der Waals surface area (Å²) in [4.78, 5) is 4.12. The average Bonchev–Trinajstić information content (AvgIpc) is 2.95. The van der Waals surface area contributed by atoms with Crippen LogP contribution in [0.4, 0.5) is 0 Å². The molecule has 0 radical (unpaired) electrons. The summed E-state index contributed by atoms with van der Waals surface area (Å²) in [6, 6.07) is 1.12. The molecule has 18 heavy (non-hydrogen) atoms. The van der Waals surface area contributed by atoms with Gasteiger partial charge in [0.1, 0.15) is 0 Å². The summed E-state index contributed by atoms with van der Waals surface area (Å²) in [5, 5.41) is 7.27. The van der Waals surface area contributed by atoms with E-state index >= 15 is 0 Å². The first-order valence-corrected chi connectivity index (χ1v) is 6.98. The van der Waals surface area contributed by atoms with Gasteiger partial charge in [0.25, 0.3) is 0 Å². The molecule has 102 valence electrons. The molecule has 1 aliphatic heterocycles. The largest absolute Gasteiger partial charge is 0.336 e. The Balaban J connectivity index is 1.88. The molecule has 2 atom stereocenters. The second-order valence-corrected chi connectivity index (χ2v) is 6.38. The van der Waals surface area contributed by atoms with Gasteiger partial charge in [-0.25, -0.2) is 4.98 Å². The van der Waals surface area contributed by atoms with Gasteiger partial charge < -0.3 is 15.2 Å². The minimum atomic E-state index is 0.253. The zero-order valence-electron chi connectivity index (χ0n) is 11.8. The van der Waals surface area contributed by atoms with Crippen molar-refractivity contribution < 1.29 is 0 Å². The highest BCUT2D eigenvalue weighted by Gasteiger charge is 2.25. The van der Waals surface area contributed by atoms with Gasteiger partial charge in [0.05, 0.1) is 6.33 Å². The molecule has 0 bridgehead atoms. The first-order valence-electron chi connectivity index (χ1n) is 6.98. The van der Waals surface area contributed by atoms with E-state index in [0.717, 1.165) is 13.1 Å². The Morgan fingerprint density at radius 3 is 2.89 bits per heavy atom. The van der Waals surface area contributed by atoms with Crippen molar-refractivity contribution >= 4 is 0 Å². The zero-order chi connectivity index (χ0) is 13.0. The third kappa shape index (κ3) is 3.82. The van der Waals surface area contributed by atoms with Gasteiger partial charge in [0, 0.05) is 37.6 Å². The van der Waals surface area contributed by atoms with Gasteiger partial charge in [-0.2, -0.15) is 0 Å². The zero-order valence-corrected chi connectivity index (χ0v) is 11.8. The van der Waals surface area contributed by atoms with Crippen molar-refractivity contribution in [3.8, 4) is 0 Å². The Morgan fingerprint density at radius 1 is 1.50 bits per heavy atom. The highest BCUT2D eigenvalue weighted by molar-refractivity contribution is 4.86. The first kappa shape index (κ1) is 13.6. The molecule has 0 amide bonds. The van der Waals surface area contributed by atoms with E-state index in [0.29, 0.717) is 12.1 Å². The summed E-state index contributed by atoms with van der Waals surface area (Å²) in [5.41, 5.74) is 0.253. The summed E-state index contributed by atoms with van der Waals surface area (Å²) in [6.45, 7) is 10.1. The lowest BCUT2D eigenvalue weighted by molar-refractivity contribution is 0.236. The van der Waals surface area contributed by atoms with E-state index in [4.69, 9.17) is 0 Å². The predicted molar refractivity (Wildman–Crippen MR) is 74.5 cm³/mol. The second kappa shape index (κ2) is 5.85. The maximum absolute atomic E-state index is 4.12. The summed E-state index contributed by atoms with van der Waals surface area (Å²) in [5.74, 6) is 0. The van der Waals surface area contributed by atoms with Crippen LogP contribution in [-0.2, 0) is 6.54 Å². The minimum absolute atomic E-state index is 0.253. The SMILES string of the molecule is CC(C)(C)C(Cn1ccnc1)NCC1CCCN1. The van der Waals surface area contributed by atoms with Crippen LogP contribution in [0.15, 0.2) is 18.7 Å². The molecule has 1 saturated heterocycles. The fraction of sp³-hybridized carbons (Fsp3) is 0.786. The monoisotopic (exact) mass is 250 g/mol. The number of hydrogen-bond donors (Lipinski definition) is 2. The summed E-state index contributed by atoms with van der Waals surface area (Å²) in [7, 11) is 0. The molecule has 1 fully saturated rings. The molecule has 4 nitrogen and oxygen atoms in total. The van der Waals surface area contributed by atoms with Gasteiger partial charge >= 0.3 is 0 Å². The Hall–Kier alpha value is -0.870. The number of imidazole rings is 1. The van der Waals surface area contributed by atoms with Crippen LogP contribution >= 0.6 is 0 Å². The van der Waals surface area contributed by atoms with E-state index in [9.17, 15) is 0 Å². The van der Waals surface area contributed by atoms with E-state index in [-0.39, 0.29) is 5.41 Å². The average molecular weight is 250 g/mol. The van der Waals surface area contributed by atoms with Crippen LogP contribution in [0.5, 0.6) is 0 Å². The number of hydrogen-bond acceptors (Lipinski definition) is 3. The Labute approximate surface area is 110 Å². The fourth-order valence-electron chi connectivity index (χ4n) is 2.47. The summed E-state index contributed by atoms with van der Waals surface area (Å²) in [6.07, 6.45) is 8.39. The Bertz CT molecular complexity index is 333. The minimum Gasteiger partial charge on any atom is -0.336 e. The molecule has 2 unspecified atom stereocenters. The maximum Gasteiger partial charge on any atom is 0.0946 e. The Morgan fingerprint density at radius 2 is 2.33 bits per heavy atom. The van der Waals surface area contributed by atoms with Gasteiger partial charge in [-0.1, -0.05) is 20.8 Å². The topological polar surface area (TPSA) is 41.9 Å². The van der Waals surface area contributed by atoms with Crippen molar-refractivity contribution in [2.24, 2.45) is 5.41 Å². The van der Waals surface area contributed by atoms with Crippen LogP contribution in [0, 0.1) is 5.41 Å². The van der Waals surface area contributed by atoms with E-state index < -0.39 is 0 Å². The molecule has 0 spiro atoms. The van der Waals surface area contributed by atoms with Crippen LogP contribution in [0.25, 0.3) is 0 Å². The van der Waals surface area contributed by atoms with Crippen LogP contribution in [0.2, 0.25) is 0 Å². The molecule has 4 heteroatoms. The number of nitrogens with zero attached hydrogens (tertiary/aromatic N) is 2. The maximum atomic E-state index is 4.12. The highest BCUT2D eigenvalue weighted by Crippen LogP contribution is 2.21. The van der Waals surface area contributed by atoms with Gasteiger partial charge in [-0.3, -0.25) is 0 Å². The molecule has 2 rings (SSSR count). The molecule has 2 heterocycles. The van der Waals surface area contributed by atoms with Gasteiger partial charge in [-0.15, -0.1) is 0 Å². The quantitative estimate of drug-likeness (QED) is 0.835. The lowest BCUT2D eigenvalue weighted by Gasteiger charge is -2.33. The third-order valence-corrected chi connectivity index (χ3v) is 3.77. The molecular weight excluding hydrogens is 224 g/mol. The van der Waals surface area contributed by atoms with Crippen molar-refractivity contribution in [1.82, 2.24) is 20.2 Å². The van der Waals surface area contributed by atoms with Crippen molar-refractivity contribution in [3.05, 3.63) is 18.7 Å². The van der Waals surface area contributed by atoms with Gasteiger partial charge in [-0.05, 0) is 24.8 Å². The van der Waals surface area contributed by atoms with Crippen molar-refractivity contribution in [3.63, 3.8) is 0 Å². The standard InChI is InChI=1S/C14H26N4/c1-14(2,3)13(10-18-8-7-15-11-18)17-9-12-5-4-6-16-12/h7-8,11-13,16-17H,4-6,9-10H2,1-3H3. The van der Waals surface area contributed by atoms with Crippen molar-refractivity contribution in [1.29, 1.82) is 0 Å². The van der Waals surface area contributed by atoms with E-state index in [1.807, 2.05) is 18.7 Å². The molecule has 0 saturated carbocycles. The number of rotatable bonds is 5. The van der Waals surface area contributed by atoms with Crippen molar-refractivity contribution in [2.75, 3.05) is 13.1 Å². The fourth-order valence-corrected chi connectivity index (χ4v) is 2.47. The second-order valence-electron chi connectivity index (χ2n) is 6.38. The molecule has 0 aliphatic carbocycles. The molecule has 1 aliphatic rings. The summed E-state index contributed by atoms with van der Waals surface area (Å²) < 4.78 is 2.16. The third-order valence-electron chi connectivity index (χ3n) is 3.77. The van der Waals surface area contributed by atoms with E-state index in [1.54, 1.807) is 0 Å². The first-order chi connectivity index (χ1) is 8.55. The van der Waals surface area contributed by atoms with Crippen LogP contribution in [-0.4, -0.2) is 34.7 Å². The normalized spacial score (nSPS) is 22.3. The lowest BCUT2D eigenvalue weighted by atomic mass is 9.86. The smallest absolute Gasteiger partial charge is 0.0946 e. The lowest BCUT2D eigenvalue weighted by Crippen LogP contribution is -2.47. The summed E-state index contributed by atoms with van der Waals surface area (Å²) >= 11 is 0. The highest BCUT2D eigenvalue weighted by atomic mass is 15.1. The van der Waals surface area contributed by atoms with Crippen LogP contribution in [0.3, 0.4) is 0 Å². The van der Waals surface area contributed by atoms with Crippen LogP contribution < -0.4 is 10.6 Å². The molecular formula is C14H26N4. The number of nitrogens with one attached hydrogen (secondary N) is 2. The van der Waals surface area contributed by atoms with Crippen molar-refractivity contribution in [2.45, 2.75) is 52.2 Å². The molecule has 2 N–H and O–H groups in total. The van der Waals surface area contributed by atoms with Gasteiger partial charge in [0.15, 0.2) is 0 Å². The predicted octanol–water partition coefficient (Wildman–Crippen LogP) is 1.64. The number of aromatic nitrogens is 2. The van der Waals surface area contributed by atoms with E-state index in [1.165, 1.54) is 19.4 Å². The van der Waals surface area contributed by atoms with Gasteiger partial charge in [0.2, 0.25) is 0 Å². The molecule has 1 aromatic heterocycles. The molecule has 0 aromatic carbocycles. The molecule has 1 aromatic rings. The van der Waals surface area contributed by atoms with E-state index in [2.05, 4.69) is 41.0 Å². The Kier molecular flexibility index (Phi) is 4.40.